The quantitative estimate of drug-likeness (QED) is 0.124. The molecule has 0 aromatic carbocycles. The summed E-state index contributed by atoms with van der Waals surface area (Å²) < 4.78 is 0. The summed E-state index contributed by atoms with van der Waals surface area (Å²) in [6, 6.07) is 0. The van der Waals surface area contributed by atoms with E-state index in [1.807, 2.05) is 13.8 Å². The monoisotopic (exact) mass is 836 g/mol. The SMILES string of the molecule is C=C.C=C.C=C.C=C.CC.CC#CC#CC#CC.CC(C)C1CCCCC1.CC1CCCCC1.I.N.N#N.[Pt]. The Labute approximate surface area is 278 Å². The van der Waals surface area contributed by atoms with Crippen molar-refractivity contribution >= 4 is 24.0 Å². The van der Waals surface area contributed by atoms with Gasteiger partial charge in [0.1, 0.15) is 0 Å². The van der Waals surface area contributed by atoms with Crippen LogP contribution in [0.15, 0.2) is 52.6 Å². The first kappa shape index (κ1) is 66.0. The molecule has 0 aliphatic heterocycles. The van der Waals surface area contributed by atoms with Gasteiger partial charge in [-0.05, 0) is 55.3 Å². The number of hydrogen-bond donors (Lipinski definition) is 1. The molecule has 0 spiro atoms. The number of halogens is 1. The molecule has 0 unspecified atom stereocenters. The van der Waals surface area contributed by atoms with E-state index in [-0.39, 0.29) is 51.2 Å². The van der Waals surface area contributed by atoms with Gasteiger partial charge in [0.25, 0.3) is 0 Å². The molecular formula is C34H64IN3Pt. The van der Waals surface area contributed by atoms with E-state index in [1.165, 1.54) is 64.2 Å². The van der Waals surface area contributed by atoms with Crippen LogP contribution in [-0.2, 0) is 21.1 Å². The van der Waals surface area contributed by atoms with Crippen LogP contribution < -0.4 is 6.15 Å². The molecule has 39 heavy (non-hydrogen) atoms. The molecule has 2 aliphatic carbocycles. The van der Waals surface area contributed by atoms with E-state index in [2.05, 4.69) is 109 Å². The summed E-state index contributed by atoms with van der Waals surface area (Å²) in [5, 5.41) is 12.0. The number of rotatable bonds is 1. The maximum Gasteiger partial charge on any atom is 0 e. The van der Waals surface area contributed by atoms with Gasteiger partial charge in [-0.2, -0.15) is 0 Å². The van der Waals surface area contributed by atoms with Crippen LogP contribution in [0.1, 0.15) is 113 Å². The third-order valence-corrected chi connectivity index (χ3v) is 4.92. The first-order chi connectivity index (χ1) is 17.6. The van der Waals surface area contributed by atoms with Crippen molar-refractivity contribution in [2.75, 3.05) is 0 Å². The Morgan fingerprint density at radius 1 is 0.590 bits per heavy atom. The molecule has 2 saturated carbocycles. The van der Waals surface area contributed by atoms with Crippen LogP contribution in [-0.4, -0.2) is 0 Å². The normalized spacial score (nSPS) is 11.2. The van der Waals surface area contributed by atoms with Crippen molar-refractivity contribution in [3.8, 4) is 35.5 Å². The van der Waals surface area contributed by atoms with Gasteiger partial charge in [-0.1, -0.05) is 111 Å². The third kappa shape index (κ3) is 78.7. The second kappa shape index (κ2) is 83.3. The Morgan fingerprint density at radius 2 is 0.846 bits per heavy atom. The molecule has 0 heterocycles. The van der Waals surface area contributed by atoms with Crippen molar-refractivity contribution in [3.05, 3.63) is 52.6 Å². The maximum absolute atomic E-state index is 6.00. The van der Waals surface area contributed by atoms with Crippen LogP contribution >= 0.6 is 24.0 Å². The summed E-state index contributed by atoms with van der Waals surface area (Å²) in [5.41, 5.74) is 0. The molecule has 0 bridgehead atoms. The fraction of sp³-hybridized carbons (Fsp3) is 0.588. The topological polar surface area (TPSA) is 82.6 Å². The van der Waals surface area contributed by atoms with E-state index >= 15 is 0 Å². The average molecular weight is 837 g/mol. The minimum absolute atomic E-state index is 0. The fourth-order valence-electron chi connectivity index (χ4n) is 3.30. The van der Waals surface area contributed by atoms with Crippen LogP contribution in [0.4, 0.5) is 0 Å². The maximum atomic E-state index is 6.00. The summed E-state index contributed by atoms with van der Waals surface area (Å²) in [5.74, 6) is 18.5. The summed E-state index contributed by atoms with van der Waals surface area (Å²) >= 11 is 0. The smallest absolute Gasteiger partial charge is 0 e. The first-order valence-corrected chi connectivity index (χ1v) is 13.1. The van der Waals surface area contributed by atoms with Crippen LogP contribution in [0, 0.1) is 64.1 Å². The van der Waals surface area contributed by atoms with Gasteiger partial charge < -0.3 is 6.15 Å². The van der Waals surface area contributed by atoms with E-state index in [9.17, 15) is 0 Å². The Bertz CT molecular complexity index is 542. The standard InChI is InChI=1S/C9H18.C8H6.C7H14.C2H6.4C2H4.HI.N2.H3N.Pt/c1-8(2)9-6-4-3-5-7-9;1-3-5-7-8-6-4-2;1-7-5-3-2-4-6-7;5*1-2;;1-2;;/h8-9H,3-7H2,1-2H3;1-2H3;7H,2-6H2,1H3;1-2H3;4*1-2H2;1H;;1H3;. The molecule has 0 aromatic heterocycles. The summed E-state index contributed by atoms with van der Waals surface area (Å²) in [6.45, 7) is 38.6. The molecule has 232 valence electrons. The molecule has 3 N–H and O–H groups in total. The van der Waals surface area contributed by atoms with Crippen LogP contribution in [0.5, 0.6) is 0 Å². The van der Waals surface area contributed by atoms with E-state index in [1.54, 1.807) is 13.8 Å². The summed E-state index contributed by atoms with van der Waals surface area (Å²) in [6.07, 6.45) is 14.9. The van der Waals surface area contributed by atoms with Crippen molar-refractivity contribution in [1.82, 2.24) is 6.15 Å². The van der Waals surface area contributed by atoms with Crippen LogP contribution in [0.3, 0.4) is 0 Å². The van der Waals surface area contributed by atoms with Crippen LogP contribution in [0.25, 0.3) is 0 Å². The Hall–Kier alpha value is -1.56. The predicted octanol–water partition coefficient (Wildman–Crippen LogP) is 11.9. The second-order valence-electron chi connectivity index (χ2n) is 7.39. The van der Waals surface area contributed by atoms with Crippen molar-refractivity contribution in [2.45, 2.75) is 113 Å². The van der Waals surface area contributed by atoms with Crippen molar-refractivity contribution in [3.63, 3.8) is 0 Å². The molecule has 2 aliphatic rings. The predicted molar refractivity (Wildman–Crippen MR) is 189 cm³/mol. The summed E-state index contributed by atoms with van der Waals surface area (Å²) in [4.78, 5) is 0. The largest absolute Gasteiger partial charge is 0.344 e. The Morgan fingerprint density at radius 3 is 1.00 bits per heavy atom. The fourth-order valence-corrected chi connectivity index (χ4v) is 3.30. The number of hydrogen-bond acceptors (Lipinski definition) is 3. The second-order valence-corrected chi connectivity index (χ2v) is 7.39. The van der Waals surface area contributed by atoms with Gasteiger partial charge in [0, 0.05) is 31.9 Å². The molecule has 0 amide bonds. The van der Waals surface area contributed by atoms with E-state index in [0.717, 1.165) is 17.8 Å². The summed E-state index contributed by atoms with van der Waals surface area (Å²) in [7, 11) is 0. The van der Waals surface area contributed by atoms with Crippen LogP contribution in [0.2, 0.25) is 0 Å². The van der Waals surface area contributed by atoms with Gasteiger partial charge in [0.05, 0.1) is 0 Å². The molecule has 5 heteroatoms. The van der Waals surface area contributed by atoms with Gasteiger partial charge in [-0.3, -0.25) is 0 Å². The van der Waals surface area contributed by atoms with Gasteiger partial charge >= 0.3 is 0 Å². The van der Waals surface area contributed by atoms with Crippen molar-refractivity contribution in [1.29, 1.82) is 10.8 Å². The molecule has 0 atom stereocenters. The Kier molecular flexibility index (Phi) is 141. The van der Waals surface area contributed by atoms with E-state index in [0.29, 0.717) is 0 Å². The zero-order valence-corrected chi connectivity index (χ0v) is 31.4. The number of nitrogens with zero attached hydrogens (tertiary/aromatic N) is 2. The minimum atomic E-state index is 0. The molecule has 3 nitrogen and oxygen atoms in total. The molecule has 0 saturated heterocycles. The average Bonchev–Trinajstić information content (AvgIpc) is 2.99. The van der Waals surface area contributed by atoms with E-state index in [4.69, 9.17) is 10.8 Å². The molecular weight excluding hydrogens is 772 g/mol. The molecule has 2 rings (SSSR count). The molecule has 0 aromatic rings. The minimum Gasteiger partial charge on any atom is -0.344 e. The van der Waals surface area contributed by atoms with Crippen molar-refractivity contribution in [2.24, 2.45) is 17.8 Å². The van der Waals surface area contributed by atoms with E-state index < -0.39 is 0 Å². The Balaban J connectivity index is -0.0000000329. The molecule has 0 radical (unpaired) electrons. The third-order valence-electron chi connectivity index (χ3n) is 4.92. The van der Waals surface area contributed by atoms with Gasteiger partial charge in [0.2, 0.25) is 0 Å². The van der Waals surface area contributed by atoms with Gasteiger partial charge in [-0.15, -0.1) is 76.6 Å². The molecule has 2 fully saturated rings. The van der Waals surface area contributed by atoms with Gasteiger partial charge in [0.15, 0.2) is 0 Å². The zero-order chi connectivity index (χ0) is 30.0. The van der Waals surface area contributed by atoms with Gasteiger partial charge in [-0.25, -0.2) is 0 Å². The first-order valence-electron chi connectivity index (χ1n) is 13.1. The van der Waals surface area contributed by atoms with Crippen molar-refractivity contribution < 1.29 is 21.1 Å². The zero-order valence-electron chi connectivity index (χ0n) is 26.8.